The Kier molecular flexibility index (Phi) is 5.21. The first kappa shape index (κ1) is 19.4. The normalized spacial score (nSPS) is 27.8. The van der Waals surface area contributed by atoms with E-state index >= 15 is 0 Å². The summed E-state index contributed by atoms with van der Waals surface area (Å²) in [5, 5.41) is 0. The van der Waals surface area contributed by atoms with Crippen LogP contribution in [0, 0.1) is 11.8 Å². The van der Waals surface area contributed by atoms with Gasteiger partial charge in [0.15, 0.2) is 11.2 Å². The maximum absolute atomic E-state index is 2.74. The van der Waals surface area contributed by atoms with Crippen LogP contribution in [0.3, 0.4) is 0 Å². The van der Waals surface area contributed by atoms with Gasteiger partial charge in [0.1, 0.15) is 6.21 Å². The second-order valence-corrected chi connectivity index (χ2v) is 8.89. The van der Waals surface area contributed by atoms with Crippen molar-refractivity contribution in [2.45, 2.75) is 78.2 Å². The van der Waals surface area contributed by atoms with Gasteiger partial charge < -0.3 is 0 Å². The smallest absolute Gasteiger partial charge is 0.193 e. The van der Waals surface area contributed by atoms with Gasteiger partial charge in [-0.2, -0.15) is 0 Å². The van der Waals surface area contributed by atoms with Gasteiger partial charge in [0.05, 0.1) is 5.92 Å². The lowest BCUT2D eigenvalue weighted by Crippen LogP contribution is -2.43. The molecule has 0 amide bonds. The fourth-order valence-electron chi connectivity index (χ4n) is 6.06. The zero-order chi connectivity index (χ0) is 19.9. The van der Waals surface area contributed by atoms with Crippen LogP contribution in [0.2, 0.25) is 0 Å². The van der Waals surface area contributed by atoms with Crippen LogP contribution >= 0.6 is 0 Å². The third-order valence-electron chi connectivity index (χ3n) is 7.90. The molecule has 0 N–H and O–H groups in total. The molecular formula is C27H36N+. The number of rotatable bonds is 4. The number of benzene rings is 1. The lowest BCUT2D eigenvalue weighted by atomic mass is 9.67. The Morgan fingerprint density at radius 3 is 2.61 bits per heavy atom. The molecule has 0 saturated carbocycles. The Morgan fingerprint density at radius 2 is 1.93 bits per heavy atom. The quantitative estimate of drug-likeness (QED) is 0.494. The van der Waals surface area contributed by atoms with E-state index in [2.05, 4.69) is 87.9 Å². The summed E-state index contributed by atoms with van der Waals surface area (Å²) in [4.78, 5) is 0. The van der Waals surface area contributed by atoms with Crippen molar-refractivity contribution in [3.8, 4) is 0 Å². The second kappa shape index (κ2) is 7.50. The number of hydrogen-bond acceptors (Lipinski definition) is 0. The SMILES string of the molecule is CC=[N+]1C2=C(C(C)CC)c3ccccc3C3C=CC=C(CCC1(CC)CC)C23. The number of hydrogen-bond donors (Lipinski definition) is 0. The predicted octanol–water partition coefficient (Wildman–Crippen LogP) is 7.11. The monoisotopic (exact) mass is 374 g/mol. The van der Waals surface area contributed by atoms with Crippen LogP contribution in [0.5, 0.6) is 0 Å². The summed E-state index contributed by atoms with van der Waals surface area (Å²) in [6.07, 6.45) is 15.7. The Morgan fingerprint density at radius 1 is 1.18 bits per heavy atom. The average molecular weight is 375 g/mol. The van der Waals surface area contributed by atoms with E-state index in [4.69, 9.17) is 0 Å². The van der Waals surface area contributed by atoms with Crippen LogP contribution in [-0.4, -0.2) is 16.3 Å². The third kappa shape index (κ3) is 2.70. The number of fused-ring (bicyclic) bond motifs is 2. The Bertz CT molecular complexity index is 875. The minimum Gasteiger partial charge on any atom is -0.200 e. The molecular weight excluding hydrogens is 338 g/mol. The van der Waals surface area contributed by atoms with E-state index in [0.717, 1.165) is 0 Å². The summed E-state index contributed by atoms with van der Waals surface area (Å²) in [5.74, 6) is 1.54. The lowest BCUT2D eigenvalue weighted by Gasteiger charge is -2.38. The maximum atomic E-state index is 2.74. The van der Waals surface area contributed by atoms with Gasteiger partial charge in [-0.05, 0) is 29.9 Å². The first-order chi connectivity index (χ1) is 13.6. The van der Waals surface area contributed by atoms with Crippen LogP contribution in [0.4, 0.5) is 0 Å². The molecule has 1 heteroatoms. The first-order valence-electron chi connectivity index (χ1n) is 11.4. The largest absolute Gasteiger partial charge is 0.200 e. The van der Waals surface area contributed by atoms with Crippen LogP contribution < -0.4 is 0 Å². The summed E-state index contributed by atoms with van der Waals surface area (Å²) in [7, 11) is 0. The molecule has 2 aliphatic carbocycles. The zero-order valence-corrected chi connectivity index (χ0v) is 18.3. The highest BCUT2D eigenvalue weighted by atomic mass is 15.1. The van der Waals surface area contributed by atoms with Crippen LogP contribution in [0.25, 0.3) is 5.57 Å². The minimum atomic E-state index is 0.234. The molecule has 0 bridgehead atoms. The van der Waals surface area contributed by atoms with E-state index in [-0.39, 0.29) is 5.54 Å². The number of allylic oxidation sites excluding steroid dienone is 5. The van der Waals surface area contributed by atoms with Gasteiger partial charge in [0.2, 0.25) is 0 Å². The van der Waals surface area contributed by atoms with Crippen molar-refractivity contribution in [2.24, 2.45) is 11.8 Å². The summed E-state index contributed by atoms with van der Waals surface area (Å²) >= 11 is 0. The highest BCUT2D eigenvalue weighted by Gasteiger charge is 2.51. The molecule has 1 aromatic rings. The molecule has 0 aromatic heterocycles. The molecule has 148 valence electrons. The summed E-state index contributed by atoms with van der Waals surface area (Å²) in [6.45, 7) is 11.8. The lowest BCUT2D eigenvalue weighted by molar-refractivity contribution is -0.567. The topological polar surface area (TPSA) is 3.01 Å². The summed E-state index contributed by atoms with van der Waals surface area (Å²) in [6, 6.07) is 9.22. The Labute approximate surface area is 171 Å². The van der Waals surface area contributed by atoms with Crippen molar-refractivity contribution in [1.82, 2.24) is 0 Å². The van der Waals surface area contributed by atoms with E-state index < -0.39 is 0 Å². The van der Waals surface area contributed by atoms with Crippen LogP contribution in [-0.2, 0) is 0 Å². The van der Waals surface area contributed by atoms with Crippen molar-refractivity contribution in [3.63, 3.8) is 0 Å². The zero-order valence-electron chi connectivity index (χ0n) is 18.3. The van der Waals surface area contributed by atoms with Crippen molar-refractivity contribution >= 4 is 11.8 Å². The van der Waals surface area contributed by atoms with Crippen LogP contribution in [0.1, 0.15) is 83.8 Å². The van der Waals surface area contributed by atoms with Crippen molar-refractivity contribution in [2.75, 3.05) is 0 Å². The van der Waals surface area contributed by atoms with Gasteiger partial charge in [0.25, 0.3) is 0 Å². The molecule has 1 nitrogen and oxygen atoms in total. The van der Waals surface area contributed by atoms with Gasteiger partial charge in [-0.1, -0.05) is 75.8 Å². The molecule has 1 aliphatic heterocycles. The van der Waals surface area contributed by atoms with Crippen LogP contribution in [0.15, 0.2) is 53.8 Å². The fraction of sp³-hybridized carbons (Fsp3) is 0.519. The van der Waals surface area contributed by atoms with Gasteiger partial charge in [-0.3, -0.25) is 0 Å². The Hall–Kier alpha value is -1.89. The molecule has 4 rings (SSSR count). The van der Waals surface area contributed by atoms with Gasteiger partial charge in [-0.15, -0.1) is 0 Å². The first-order valence-corrected chi connectivity index (χ1v) is 11.4. The van der Waals surface area contributed by atoms with Crippen molar-refractivity contribution < 1.29 is 4.58 Å². The fourth-order valence-corrected chi connectivity index (χ4v) is 6.06. The molecule has 1 saturated heterocycles. The van der Waals surface area contributed by atoms with E-state index in [1.165, 1.54) is 43.2 Å². The molecule has 3 unspecified atom stereocenters. The van der Waals surface area contributed by atoms with Crippen molar-refractivity contribution in [3.05, 3.63) is 64.9 Å². The van der Waals surface area contributed by atoms with E-state index in [1.54, 1.807) is 16.8 Å². The van der Waals surface area contributed by atoms with E-state index in [9.17, 15) is 0 Å². The average Bonchev–Trinajstić information content (AvgIpc) is 2.89. The second-order valence-electron chi connectivity index (χ2n) is 8.89. The number of nitrogens with zero attached hydrogens (tertiary/aromatic N) is 1. The third-order valence-corrected chi connectivity index (χ3v) is 7.90. The Balaban J connectivity index is 2.10. The van der Waals surface area contributed by atoms with E-state index in [1.807, 2.05) is 0 Å². The molecule has 0 spiro atoms. The van der Waals surface area contributed by atoms with Gasteiger partial charge in [0, 0.05) is 37.7 Å². The van der Waals surface area contributed by atoms with Crippen molar-refractivity contribution in [1.29, 1.82) is 0 Å². The summed E-state index contributed by atoms with van der Waals surface area (Å²) in [5.41, 5.74) is 8.12. The standard InChI is InChI=1S/C27H36N/c1-6-19(5)24-22-15-11-10-14-21(22)23-16-12-13-20-17-18-27(7-2,8-3)28(9-4)26(24)25(20)23/h9-16,19,23,25H,6-8,17-18H2,1-5H3/q+1. The predicted molar refractivity (Wildman–Crippen MR) is 121 cm³/mol. The molecule has 1 aromatic carbocycles. The molecule has 3 atom stereocenters. The molecule has 1 heterocycles. The minimum absolute atomic E-state index is 0.234. The molecule has 28 heavy (non-hydrogen) atoms. The molecule has 3 aliphatic rings. The highest BCUT2D eigenvalue weighted by molar-refractivity contribution is 5.77. The molecule has 0 radical (unpaired) electrons. The highest BCUT2D eigenvalue weighted by Crippen LogP contribution is 2.54. The maximum Gasteiger partial charge on any atom is 0.193 e. The van der Waals surface area contributed by atoms with Gasteiger partial charge in [-0.25, -0.2) is 4.58 Å². The summed E-state index contributed by atoms with van der Waals surface area (Å²) < 4.78 is 2.74. The van der Waals surface area contributed by atoms with Gasteiger partial charge >= 0.3 is 0 Å². The molecule has 1 fully saturated rings. The van der Waals surface area contributed by atoms with E-state index in [0.29, 0.717) is 17.8 Å².